The molecule has 0 radical (unpaired) electrons. The van der Waals surface area contributed by atoms with Crippen LogP contribution in [0, 0.1) is 0 Å². The number of aromatic nitrogens is 4. The fraction of sp³-hybridized carbons (Fsp3) is 0.571. The average molecular weight is 259 g/mol. The SMILES string of the molecule is CC(Cn1cccn1)Nc1nccn1C1CCCC1. The number of nitrogens with zero attached hydrogens (tertiary/aromatic N) is 4. The molecule has 2 heterocycles. The number of imidazole rings is 1. The second-order valence-corrected chi connectivity index (χ2v) is 5.37. The highest BCUT2D eigenvalue weighted by Gasteiger charge is 2.19. The standard InChI is InChI=1S/C14H21N5/c1-12(11-18-9-4-7-16-18)17-14-15-8-10-19(14)13-5-2-3-6-13/h4,7-10,12-13H,2-3,5-6,11H2,1H3,(H,15,17). The van der Waals surface area contributed by atoms with Gasteiger partial charge in [-0.1, -0.05) is 12.8 Å². The Morgan fingerprint density at radius 1 is 1.32 bits per heavy atom. The van der Waals surface area contributed by atoms with E-state index in [1.54, 1.807) is 0 Å². The molecule has 5 heteroatoms. The molecule has 1 atom stereocenters. The van der Waals surface area contributed by atoms with E-state index in [1.807, 2.05) is 29.3 Å². The van der Waals surface area contributed by atoms with Crippen LogP contribution in [0.4, 0.5) is 5.95 Å². The lowest BCUT2D eigenvalue weighted by Gasteiger charge is -2.19. The molecule has 5 nitrogen and oxygen atoms in total. The molecule has 0 aromatic carbocycles. The highest BCUT2D eigenvalue weighted by molar-refractivity contribution is 5.28. The Morgan fingerprint density at radius 3 is 2.89 bits per heavy atom. The first-order chi connectivity index (χ1) is 9.33. The Hall–Kier alpha value is -1.78. The molecule has 0 saturated heterocycles. The first-order valence-electron chi connectivity index (χ1n) is 7.10. The van der Waals surface area contributed by atoms with E-state index < -0.39 is 0 Å². The maximum Gasteiger partial charge on any atom is 0.203 e. The van der Waals surface area contributed by atoms with E-state index in [-0.39, 0.29) is 0 Å². The van der Waals surface area contributed by atoms with Gasteiger partial charge in [0, 0.05) is 36.9 Å². The van der Waals surface area contributed by atoms with Crippen molar-refractivity contribution in [3.63, 3.8) is 0 Å². The van der Waals surface area contributed by atoms with Crippen LogP contribution in [-0.4, -0.2) is 25.4 Å². The van der Waals surface area contributed by atoms with E-state index in [9.17, 15) is 0 Å². The number of rotatable bonds is 5. The van der Waals surface area contributed by atoms with Gasteiger partial charge in [0.15, 0.2) is 0 Å². The third kappa shape index (κ3) is 2.80. The van der Waals surface area contributed by atoms with E-state index in [2.05, 4.69) is 33.1 Å². The third-order valence-electron chi connectivity index (χ3n) is 3.78. The molecule has 1 aliphatic carbocycles. The first-order valence-corrected chi connectivity index (χ1v) is 7.10. The second-order valence-electron chi connectivity index (χ2n) is 5.37. The Bertz CT molecular complexity index is 496. The molecule has 1 saturated carbocycles. The van der Waals surface area contributed by atoms with Gasteiger partial charge in [0.2, 0.25) is 5.95 Å². The molecule has 0 bridgehead atoms. The van der Waals surface area contributed by atoms with Gasteiger partial charge in [0.1, 0.15) is 0 Å². The maximum absolute atomic E-state index is 4.45. The normalized spacial score (nSPS) is 17.7. The van der Waals surface area contributed by atoms with E-state index in [0.29, 0.717) is 12.1 Å². The number of hydrogen-bond acceptors (Lipinski definition) is 3. The zero-order chi connectivity index (χ0) is 13.1. The summed E-state index contributed by atoms with van der Waals surface area (Å²) in [6.45, 7) is 3.01. The van der Waals surface area contributed by atoms with Crippen molar-refractivity contribution >= 4 is 5.95 Å². The van der Waals surface area contributed by atoms with Crippen molar-refractivity contribution in [2.24, 2.45) is 0 Å². The molecular formula is C14H21N5. The molecule has 0 spiro atoms. The lowest BCUT2D eigenvalue weighted by Crippen LogP contribution is -2.24. The van der Waals surface area contributed by atoms with E-state index in [0.717, 1.165) is 12.5 Å². The monoisotopic (exact) mass is 259 g/mol. The predicted octanol–water partition coefficient (Wildman–Crippen LogP) is 2.70. The molecule has 1 N–H and O–H groups in total. The number of hydrogen-bond donors (Lipinski definition) is 1. The minimum Gasteiger partial charge on any atom is -0.351 e. The topological polar surface area (TPSA) is 47.7 Å². The van der Waals surface area contributed by atoms with Crippen LogP contribution >= 0.6 is 0 Å². The molecular weight excluding hydrogens is 238 g/mol. The Balaban J connectivity index is 1.64. The minimum atomic E-state index is 0.308. The van der Waals surface area contributed by atoms with E-state index in [1.165, 1.54) is 25.7 Å². The second kappa shape index (κ2) is 5.47. The smallest absolute Gasteiger partial charge is 0.203 e. The molecule has 19 heavy (non-hydrogen) atoms. The molecule has 102 valence electrons. The lowest BCUT2D eigenvalue weighted by molar-refractivity contribution is 0.511. The van der Waals surface area contributed by atoms with Crippen molar-refractivity contribution in [3.05, 3.63) is 30.9 Å². The zero-order valence-corrected chi connectivity index (χ0v) is 11.4. The van der Waals surface area contributed by atoms with Crippen LogP contribution in [0.3, 0.4) is 0 Å². The highest BCUT2D eigenvalue weighted by atomic mass is 15.3. The Labute approximate surface area is 113 Å². The number of anilines is 1. The molecule has 0 aliphatic heterocycles. The fourth-order valence-corrected chi connectivity index (χ4v) is 2.86. The zero-order valence-electron chi connectivity index (χ0n) is 11.4. The van der Waals surface area contributed by atoms with Crippen LogP contribution in [0.2, 0.25) is 0 Å². The van der Waals surface area contributed by atoms with E-state index in [4.69, 9.17) is 0 Å². The summed E-state index contributed by atoms with van der Waals surface area (Å²) in [6, 6.07) is 2.89. The fourth-order valence-electron chi connectivity index (χ4n) is 2.86. The van der Waals surface area contributed by atoms with Crippen molar-refractivity contribution < 1.29 is 0 Å². The van der Waals surface area contributed by atoms with Crippen molar-refractivity contribution in [1.82, 2.24) is 19.3 Å². The highest BCUT2D eigenvalue weighted by Crippen LogP contribution is 2.31. The lowest BCUT2D eigenvalue weighted by atomic mass is 10.2. The third-order valence-corrected chi connectivity index (χ3v) is 3.78. The van der Waals surface area contributed by atoms with Crippen molar-refractivity contribution in [2.45, 2.75) is 51.2 Å². The molecule has 1 unspecified atom stereocenters. The van der Waals surface area contributed by atoms with Gasteiger partial charge in [-0.15, -0.1) is 0 Å². The van der Waals surface area contributed by atoms with Crippen LogP contribution in [0.15, 0.2) is 30.9 Å². The van der Waals surface area contributed by atoms with Gasteiger partial charge < -0.3 is 9.88 Å². The van der Waals surface area contributed by atoms with Crippen LogP contribution < -0.4 is 5.32 Å². The molecule has 1 fully saturated rings. The largest absolute Gasteiger partial charge is 0.351 e. The molecule has 0 amide bonds. The van der Waals surface area contributed by atoms with E-state index >= 15 is 0 Å². The summed E-state index contributed by atoms with van der Waals surface area (Å²) < 4.78 is 4.24. The first kappa shape index (κ1) is 12.3. The van der Waals surface area contributed by atoms with Crippen LogP contribution in [-0.2, 0) is 6.54 Å². The summed E-state index contributed by atoms with van der Waals surface area (Å²) in [4.78, 5) is 4.45. The van der Waals surface area contributed by atoms with Crippen molar-refractivity contribution in [2.75, 3.05) is 5.32 Å². The Morgan fingerprint density at radius 2 is 2.16 bits per heavy atom. The van der Waals surface area contributed by atoms with Gasteiger partial charge in [0.25, 0.3) is 0 Å². The summed E-state index contributed by atoms with van der Waals surface area (Å²) in [6.07, 6.45) is 13.0. The Kier molecular flexibility index (Phi) is 3.53. The van der Waals surface area contributed by atoms with Gasteiger partial charge in [0.05, 0.1) is 6.54 Å². The summed E-state index contributed by atoms with van der Waals surface area (Å²) in [5.41, 5.74) is 0. The molecule has 2 aromatic heterocycles. The van der Waals surface area contributed by atoms with Gasteiger partial charge in [-0.25, -0.2) is 4.98 Å². The van der Waals surface area contributed by atoms with Crippen LogP contribution in [0.25, 0.3) is 0 Å². The summed E-state index contributed by atoms with van der Waals surface area (Å²) in [5.74, 6) is 0.992. The van der Waals surface area contributed by atoms with Gasteiger partial charge in [-0.05, 0) is 25.8 Å². The quantitative estimate of drug-likeness (QED) is 0.898. The summed E-state index contributed by atoms with van der Waals surface area (Å²) >= 11 is 0. The van der Waals surface area contributed by atoms with Gasteiger partial charge >= 0.3 is 0 Å². The van der Waals surface area contributed by atoms with Gasteiger partial charge in [-0.3, -0.25) is 4.68 Å². The number of nitrogens with one attached hydrogen (secondary N) is 1. The average Bonchev–Trinajstić information content (AvgIpc) is 3.09. The maximum atomic E-state index is 4.45. The van der Waals surface area contributed by atoms with Crippen molar-refractivity contribution in [1.29, 1.82) is 0 Å². The summed E-state index contributed by atoms with van der Waals surface area (Å²) in [7, 11) is 0. The summed E-state index contributed by atoms with van der Waals surface area (Å²) in [5, 5.41) is 7.73. The molecule has 2 aromatic rings. The predicted molar refractivity (Wildman–Crippen MR) is 75.0 cm³/mol. The molecule has 3 rings (SSSR count). The van der Waals surface area contributed by atoms with Crippen molar-refractivity contribution in [3.8, 4) is 0 Å². The van der Waals surface area contributed by atoms with Crippen LogP contribution in [0.1, 0.15) is 38.6 Å². The molecule has 1 aliphatic rings. The van der Waals surface area contributed by atoms with Crippen LogP contribution in [0.5, 0.6) is 0 Å². The minimum absolute atomic E-state index is 0.308. The van der Waals surface area contributed by atoms with Gasteiger partial charge in [-0.2, -0.15) is 5.10 Å².